The van der Waals surface area contributed by atoms with E-state index in [1.165, 1.54) is 20.3 Å². The van der Waals surface area contributed by atoms with E-state index in [2.05, 4.69) is 13.8 Å². The quantitative estimate of drug-likeness (QED) is 0.546. The van der Waals surface area contributed by atoms with Gasteiger partial charge < -0.3 is 9.90 Å². The molecule has 0 aliphatic rings. The van der Waals surface area contributed by atoms with Gasteiger partial charge in [-0.3, -0.25) is 0 Å². The highest BCUT2D eigenvalue weighted by molar-refractivity contribution is 5.72. The molecule has 0 aromatic carbocycles. The topological polar surface area (TPSA) is 37.3 Å². The monoisotopic (exact) mass is 134 g/mol. The number of hydrogen-bond acceptors (Lipinski definition) is 2. The molecule has 0 atom stereocenters. The molecular formula is C7H18O2. The average Bonchev–Trinajstić information content (AvgIpc) is 1.71. The number of rotatable bonds is 0. The molecule has 0 aromatic rings. The first kappa shape index (κ1) is 15.9. The van der Waals surface area contributed by atoms with Crippen LogP contribution in [0.2, 0.25) is 0 Å². The normalized spacial score (nSPS) is 5.56. The van der Waals surface area contributed by atoms with Gasteiger partial charge in [0, 0.05) is 7.11 Å². The Morgan fingerprint density at radius 2 is 1.22 bits per heavy atom. The van der Waals surface area contributed by atoms with E-state index in [0.717, 1.165) is 7.11 Å². The number of ketones is 1. The minimum absolute atomic E-state index is 0.167. The minimum Gasteiger partial charge on any atom is -0.400 e. The zero-order valence-electron chi connectivity index (χ0n) is 7.06. The van der Waals surface area contributed by atoms with Crippen LogP contribution in [-0.2, 0) is 4.79 Å². The predicted molar refractivity (Wildman–Crippen MR) is 40.5 cm³/mol. The second kappa shape index (κ2) is 25.5. The molecule has 58 valence electrons. The predicted octanol–water partition coefficient (Wildman–Crippen LogP) is 1.62. The molecule has 0 saturated carbocycles. The van der Waals surface area contributed by atoms with Crippen LogP contribution in [-0.4, -0.2) is 18.0 Å². The van der Waals surface area contributed by atoms with Crippen molar-refractivity contribution >= 4 is 5.78 Å². The van der Waals surface area contributed by atoms with E-state index in [4.69, 9.17) is 5.11 Å². The van der Waals surface area contributed by atoms with Gasteiger partial charge in [-0.25, -0.2) is 0 Å². The molecule has 0 saturated heterocycles. The summed E-state index contributed by atoms with van der Waals surface area (Å²) >= 11 is 0. The summed E-state index contributed by atoms with van der Waals surface area (Å²) < 4.78 is 0. The van der Waals surface area contributed by atoms with E-state index in [0.29, 0.717) is 0 Å². The summed E-state index contributed by atoms with van der Waals surface area (Å²) in [5.41, 5.74) is 0. The number of carbonyl (C=O) groups is 1. The molecule has 0 radical (unpaired) electrons. The van der Waals surface area contributed by atoms with Gasteiger partial charge in [0.2, 0.25) is 0 Å². The number of aliphatic hydroxyl groups is 1. The average molecular weight is 134 g/mol. The van der Waals surface area contributed by atoms with Gasteiger partial charge in [-0.2, -0.15) is 0 Å². The van der Waals surface area contributed by atoms with E-state index in [-0.39, 0.29) is 5.78 Å². The standard InChI is InChI=1S/C3H6O.C3H8.CH4O/c1-3(2)4;1-3-2;1-2/h1-2H3;3H2,1-2H3;2H,1H3. The SMILES string of the molecule is CC(C)=O.CCC.CO. The summed E-state index contributed by atoms with van der Waals surface area (Å²) in [6.45, 7) is 7.31. The molecule has 0 heterocycles. The second-order valence-corrected chi connectivity index (χ2v) is 1.62. The van der Waals surface area contributed by atoms with E-state index in [1.54, 1.807) is 0 Å². The van der Waals surface area contributed by atoms with Crippen LogP contribution in [0.5, 0.6) is 0 Å². The first-order chi connectivity index (χ1) is 4.15. The van der Waals surface area contributed by atoms with Gasteiger partial charge in [0.05, 0.1) is 0 Å². The molecule has 0 spiro atoms. The van der Waals surface area contributed by atoms with Crippen LogP contribution < -0.4 is 0 Å². The molecule has 0 amide bonds. The van der Waals surface area contributed by atoms with Crippen LogP contribution in [0.4, 0.5) is 0 Å². The van der Waals surface area contributed by atoms with Gasteiger partial charge in [-0.15, -0.1) is 0 Å². The number of aliphatic hydroxyl groups excluding tert-OH is 1. The van der Waals surface area contributed by atoms with Crippen molar-refractivity contribution in [2.75, 3.05) is 7.11 Å². The molecule has 0 bridgehead atoms. The van der Waals surface area contributed by atoms with Crippen LogP contribution in [0, 0.1) is 0 Å². The van der Waals surface area contributed by atoms with Crippen LogP contribution in [0.1, 0.15) is 34.1 Å². The van der Waals surface area contributed by atoms with Crippen molar-refractivity contribution in [3.8, 4) is 0 Å². The first-order valence-electron chi connectivity index (χ1n) is 3.07. The fourth-order valence-electron chi connectivity index (χ4n) is 0. The molecule has 9 heavy (non-hydrogen) atoms. The molecule has 0 fully saturated rings. The van der Waals surface area contributed by atoms with Gasteiger partial charge in [-0.1, -0.05) is 20.3 Å². The Morgan fingerprint density at radius 3 is 1.22 bits per heavy atom. The fourth-order valence-corrected chi connectivity index (χ4v) is 0. The molecule has 0 rings (SSSR count). The summed E-state index contributed by atoms with van der Waals surface area (Å²) in [5, 5.41) is 7.00. The van der Waals surface area contributed by atoms with Gasteiger partial charge in [0.15, 0.2) is 0 Å². The van der Waals surface area contributed by atoms with E-state index in [9.17, 15) is 4.79 Å². The highest BCUT2D eigenvalue weighted by Crippen LogP contribution is 1.56. The summed E-state index contributed by atoms with van der Waals surface area (Å²) in [7, 11) is 1.00. The third-order valence-corrected chi connectivity index (χ3v) is 0. The zero-order chi connectivity index (χ0) is 8.28. The van der Waals surface area contributed by atoms with Crippen molar-refractivity contribution in [1.82, 2.24) is 0 Å². The molecule has 2 nitrogen and oxygen atoms in total. The Hall–Kier alpha value is -0.370. The van der Waals surface area contributed by atoms with E-state index < -0.39 is 0 Å². The Bertz CT molecular complexity index is 38.2. The van der Waals surface area contributed by atoms with Crippen LogP contribution in [0.3, 0.4) is 0 Å². The van der Waals surface area contributed by atoms with E-state index in [1.807, 2.05) is 0 Å². The van der Waals surface area contributed by atoms with Crippen LogP contribution >= 0.6 is 0 Å². The summed E-state index contributed by atoms with van der Waals surface area (Å²) in [6, 6.07) is 0. The van der Waals surface area contributed by atoms with Crippen molar-refractivity contribution in [3.63, 3.8) is 0 Å². The van der Waals surface area contributed by atoms with Crippen molar-refractivity contribution in [2.45, 2.75) is 34.1 Å². The van der Waals surface area contributed by atoms with Crippen molar-refractivity contribution in [1.29, 1.82) is 0 Å². The number of Topliss-reactive ketones (excluding diaryl/α,β-unsaturated/α-hetero) is 1. The lowest BCUT2D eigenvalue weighted by atomic mass is 10.6. The molecule has 0 aliphatic heterocycles. The minimum atomic E-state index is 0.167. The highest BCUT2D eigenvalue weighted by Gasteiger charge is 1.62. The first-order valence-corrected chi connectivity index (χ1v) is 3.07. The van der Waals surface area contributed by atoms with Gasteiger partial charge in [0.1, 0.15) is 5.78 Å². The maximum atomic E-state index is 9.44. The van der Waals surface area contributed by atoms with Crippen molar-refractivity contribution in [3.05, 3.63) is 0 Å². The lowest BCUT2D eigenvalue weighted by molar-refractivity contribution is -0.114. The third-order valence-electron chi connectivity index (χ3n) is 0. The Morgan fingerprint density at radius 1 is 1.22 bits per heavy atom. The molecule has 0 aromatic heterocycles. The maximum Gasteiger partial charge on any atom is 0.126 e. The molecule has 2 heteroatoms. The van der Waals surface area contributed by atoms with Crippen molar-refractivity contribution in [2.24, 2.45) is 0 Å². The lowest BCUT2D eigenvalue weighted by Gasteiger charge is -1.56. The summed E-state index contributed by atoms with van der Waals surface area (Å²) in [4.78, 5) is 9.44. The number of hydrogen-bond donors (Lipinski definition) is 1. The molecular weight excluding hydrogens is 116 g/mol. The zero-order valence-corrected chi connectivity index (χ0v) is 7.06. The summed E-state index contributed by atoms with van der Waals surface area (Å²) in [5.74, 6) is 0.167. The number of carbonyl (C=O) groups excluding carboxylic acids is 1. The smallest absolute Gasteiger partial charge is 0.126 e. The summed E-state index contributed by atoms with van der Waals surface area (Å²) in [6.07, 6.45) is 1.25. The molecule has 0 unspecified atom stereocenters. The van der Waals surface area contributed by atoms with Crippen molar-refractivity contribution < 1.29 is 9.90 Å². The van der Waals surface area contributed by atoms with Crippen LogP contribution in [0.15, 0.2) is 0 Å². The molecule has 0 aliphatic carbocycles. The third kappa shape index (κ3) is 1770. The Labute approximate surface area is 57.9 Å². The Kier molecular flexibility index (Phi) is 44.8. The largest absolute Gasteiger partial charge is 0.400 e. The van der Waals surface area contributed by atoms with Gasteiger partial charge in [0.25, 0.3) is 0 Å². The van der Waals surface area contributed by atoms with Gasteiger partial charge in [-0.05, 0) is 13.8 Å². The molecule has 1 N–H and O–H groups in total. The Balaban J connectivity index is -0.0000000646. The maximum absolute atomic E-state index is 9.44. The highest BCUT2D eigenvalue weighted by atomic mass is 16.2. The van der Waals surface area contributed by atoms with Crippen LogP contribution in [0.25, 0.3) is 0 Å². The van der Waals surface area contributed by atoms with Gasteiger partial charge >= 0.3 is 0 Å². The lowest BCUT2D eigenvalue weighted by Crippen LogP contribution is -1.69. The fraction of sp³-hybridized carbons (Fsp3) is 0.857. The van der Waals surface area contributed by atoms with E-state index >= 15 is 0 Å². The second-order valence-electron chi connectivity index (χ2n) is 1.62.